The lowest BCUT2D eigenvalue weighted by molar-refractivity contribution is 0.635. The van der Waals surface area contributed by atoms with Gasteiger partial charge in [-0.25, -0.2) is 0 Å². The van der Waals surface area contributed by atoms with Crippen molar-refractivity contribution in [3.63, 3.8) is 0 Å². The fraction of sp³-hybridized carbons (Fsp3) is 0.231. The molecule has 2 aliphatic carbocycles. The van der Waals surface area contributed by atoms with Crippen LogP contribution >= 0.6 is 0 Å². The molecule has 0 aromatic heterocycles. The molecular formula is C26H26Si. The van der Waals surface area contributed by atoms with Gasteiger partial charge in [0.05, 0.1) is 9.52 Å². The van der Waals surface area contributed by atoms with Crippen LogP contribution in [-0.2, 0) is 0 Å². The summed E-state index contributed by atoms with van der Waals surface area (Å²) in [5, 5.41) is 3.14. The van der Waals surface area contributed by atoms with Crippen molar-refractivity contribution in [1.82, 2.24) is 0 Å². The molecule has 1 heteroatoms. The predicted molar refractivity (Wildman–Crippen MR) is 119 cm³/mol. The van der Waals surface area contributed by atoms with Gasteiger partial charge in [-0.15, -0.1) is 0 Å². The van der Waals surface area contributed by atoms with Gasteiger partial charge >= 0.3 is 0 Å². The standard InChI is InChI=1S/C26H26Si/c1-18-15-16-22(20-11-7-5-8-12-20)24(18)27-25-19(2)17-26(3,4)23(25)21-13-9-6-10-14-21/h5-14H,16,27H2,1-4H3. The van der Waals surface area contributed by atoms with E-state index in [0.29, 0.717) is 0 Å². The zero-order chi connectivity index (χ0) is 19.0. The largest absolute Gasteiger partial charge is 0.0890 e. The smallest absolute Gasteiger partial charge is 0.0622 e. The van der Waals surface area contributed by atoms with E-state index in [1.807, 2.05) is 0 Å². The van der Waals surface area contributed by atoms with E-state index < -0.39 is 9.52 Å². The molecule has 0 bridgehead atoms. The Balaban J connectivity index is 1.83. The molecule has 134 valence electrons. The van der Waals surface area contributed by atoms with Crippen LogP contribution in [0.1, 0.15) is 45.2 Å². The maximum Gasteiger partial charge on any atom is 0.0890 e. The van der Waals surface area contributed by atoms with Crippen molar-refractivity contribution in [3.05, 3.63) is 105 Å². The average Bonchev–Trinajstić information content (AvgIpc) is 3.13. The van der Waals surface area contributed by atoms with Crippen LogP contribution in [0.3, 0.4) is 0 Å². The number of hydrogen-bond acceptors (Lipinski definition) is 0. The molecule has 0 unspecified atom stereocenters. The molecule has 0 atom stereocenters. The molecule has 4 rings (SSSR count). The molecule has 0 saturated heterocycles. The third-order valence-corrected chi connectivity index (χ3v) is 8.31. The number of benzene rings is 2. The van der Waals surface area contributed by atoms with E-state index in [-0.39, 0.29) is 5.41 Å². The maximum atomic E-state index is 3.76. The molecule has 0 saturated carbocycles. The lowest BCUT2D eigenvalue weighted by Crippen LogP contribution is -2.11. The van der Waals surface area contributed by atoms with Crippen LogP contribution in [0.15, 0.2) is 82.2 Å². The van der Waals surface area contributed by atoms with Gasteiger partial charge in [-0.05, 0) is 65.8 Å². The summed E-state index contributed by atoms with van der Waals surface area (Å²) in [7, 11) is -0.622. The van der Waals surface area contributed by atoms with Crippen molar-refractivity contribution in [2.75, 3.05) is 0 Å². The Hall–Kier alpha value is -2.38. The molecule has 27 heavy (non-hydrogen) atoms. The molecule has 2 radical (unpaired) electrons. The SMILES string of the molecule is CC1=[C]CC(c2ccccc2)=C1[SiH2]C1=C(c2ccccc2)C(C)(C)[C]=C1C. The molecule has 2 aromatic rings. The van der Waals surface area contributed by atoms with Crippen molar-refractivity contribution < 1.29 is 0 Å². The molecule has 0 nitrogen and oxygen atoms in total. The summed E-state index contributed by atoms with van der Waals surface area (Å²) in [6.07, 6.45) is 8.31. The summed E-state index contributed by atoms with van der Waals surface area (Å²) >= 11 is 0. The molecule has 0 amide bonds. The molecular weight excluding hydrogens is 340 g/mol. The third kappa shape index (κ3) is 3.32. The second-order valence-electron chi connectivity index (χ2n) is 8.07. The Labute approximate surface area is 165 Å². The third-order valence-electron chi connectivity index (χ3n) is 5.76. The fourth-order valence-electron chi connectivity index (χ4n) is 4.52. The topological polar surface area (TPSA) is 0 Å². The van der Waals surface area contributed by atoms with Crippen molar-refractivity contribution in [3.8, 4) is 0 Å². The van der Waals surface area contributed by atoms with E-state index in [4.69, 9.17) is 0 Å². The second-order valence-corrected chi connectivity index (χ2v) is 9.84. The first-order valence-corrected chi connectivity index (χ1v) is 11.1. The average molecular weight is 367 g/mol. The van der Waals surface area contributed by atoms with E-state index in [1.165, 1.54) is 33.4 Å². The van der Waals surface area contributed by atoms with Crippen LogP contribution in [0.25, 0.3) is 11.1 Å². The molecule has 0 spiro atoms. The van der Waals surface area contributed by atoms with E-state index in [1.54, 1.807) is 10.4 Å². The van der Waals surface area contributed by atoms with Gasteiger partial charge in [0.15, 0.2) is 0 Å². The van der Waals surface area contributed by atoms with Crippen LogP contribution in [-0.4, -0.2) is 9.52 Å². The normalized spacial score (nSPS) is 19.3. The quantitative estimate of drug-likeness (QED) is 0.589. The van der Waals surface area contributed by atoms with Gasteiger partial charge in [0.25, 0.3) is 0 Å². The van der Waals surface area contributed by atoms with E-state index in [9.17, 15) is 0 Å². The summed E-state index contributed by atoms with van der Waals surface area (Å²) in [5.74, 6) is 0. The number of allylic oxidation sites excluding steroid dienone is 8. The molecule has 2 aliphatic rings. The lowest BCUT2D eigenvalue weighted by atomic mass is 9.83. The summed E-state index contributed by atoms with van der Waals surface area (Å²) in [6, 6.07) is 21.8. The van der Waals surface area contributed by atoms with Crippen molar-refractivity contribution in [2.24, 2.45) is 5.41 Å². The minimum atomic E-state index is -0.622. The highest BCUT2D eigenvalue weighted by molar-refractivity contribution is 6.60. The van der Waals surface area contributed by atoms with Crippen LogP contribution < -0.4 is 0 Å². The highest BCUT2D eigenvalue weighted by Gasteiger charge is 2.33. The van der Waals surface area contributed by atoms with E-state index >= 15 is 0 Å². The van der Waals surface area contributed by atoms with Crippen molar-refractivity contribution >= 4 is 20.7 Å². The lowest BCUT2D eigenvalue weighted by Gasteiger charge is -2.23. The van der Waals surface area contributed by atoms with Gasteiger partial charge in [0.1, 0.15) is 0 Å². The summed E-state index contributed by atoms with van der Waals surface area (Å²) in [6.45, 7) is 9.09. The summed E-state index contributed by atoms with van der Waals surface area (Å²) in [5.41, 5.74) is 8.35. The van der Waals surface area contributed by atoms with Crippen molar-refractivity contribution in [2.45, 2.75) is 34.1 Å². The van der Waals surface area contributed by atoms with Crippen LogP contribution in [0.2, 0.25) is 0 Å². The van der Waals surface area contributed by atoms with Gasteiger partial charge in [0.2, 0.25) is 0 Å². The first kappa shape index (κ1) is 18.0. The van der Waals surface area contributed by atoms with Crippen LogP contribution in [0.4, 0.5) is 0 Å². The van der Waals surface area contributed by atoms with Crippen molar-refractivity contribution in [1.29, 1.82) is 0 Å². The fourth-order valence-corrected chi connectivity index (χ4v) is 6.99. The van der Waals surface area contributed by atoms with E-state index in [2.05, 4.69) is 101 Å². The molecule has 0 heterocycles. The van der Waals surface area contributed by atoms with Gasteiger partial charge < -0.3 is 0 Å². The second kappa shape index (κ2) is 6.98. The van der Waals surface area contributed by atoms with Gasteiger partial charge in [0, 0.05) is 5.41 Å². The highest BCUT2D eigenvalue weighted by atomic mass is 28.2. The first-order chi connectivity index (χ1) is 13.0. The Morgan fingerprint density at radius 2 is 1.37 bits per heavy atom. The van der Waals surface area contributed by atoms with Gasteiger partial charge in [-0.1, -0.05) is 84.9 Å². The summed E-state index contributed by atoms with van der Waals surface area (Å²) < 4.78 is 0. The zero-order valence-electron chi connectivity index (χ0n) is 16.7. The first-order valence-electron chi connectivity index (χ1n) is 9.74. The van der Waals surface area contributed by atoms with E-state index in [0.717, 1.165) is 6.42 Å². The number of hydrogen-bond donors (Lipinski definition) is 0. The Kier molecular flexibility index (Phi) is 4.65. The zero-order valence-corrected chi connectivity index (χ0v) is 18.1. The Bertz CT molecular complexity index is 983. The Morgan fingerprint density at radius 3 is 2.00 bits per heavy atom. The molecule has 0 fully saturated rings. The monoisotopic (exact) mass is 366 g/mol. The highest BCUT2D eigenvalue weighted by Crippen LogP contribution is 2.47. The summed E-state index contributed by atoms with van der Waals surface area (Å²) in [4.78, 5) is 0. The number of rotatable bonds is 4. The van der Waals surface area contributed by atoms with Crippen LogP contribution in [0.5, 0.6) is 0 Å². The molecule has 0 N–H and O–H groups in total. The molecule has 0 aliphatic heterocycles. The van der Waals surface area contributed by atoms with Crippen LogP contribution in [0, 0.1) is 17.6 Å². The minimum absolute atomic E-state index is 0.0266. The maximum absolute atomic E-state index is 3.76. The van der Waals surface area contributed by atoms with Gasteiger partial charge in [-0.3, -0.25) is 0 Å². The Morgan fingerprint density at radius 1 is 0.778 bits per heavy atom. The molecule has 2 aromatic carbocycles. The van der Waals surface area contributed by atoms with Gasteiger partial charge in [-0.2, -0.15) is 0 Å². The minimum Gasteiger partial charge on any atom is -0.0622 e. The predicted octanol–water partition coefficient (Wildman–Crippen LogP) is 5.92.